The van der Waals surface area contributed by atoms with E-state index in [1.54, 1.807) is 17.0 Å². The third-order valence-electron chi connectivity index (χ3n) is 5.84. The zero-order chi connectivity index (χ0) is 21.4. The molecule has 1 aromatic heterocycles. The van der Waals surface area contributed by atoms with Crippen molar-refractivity contribution in [3.8, 4) is 6.07 Å². The molecule has 0 spiro atoms. The van der Waals surface area contributed by atoms with E-state index in [0.29, 0.717) is 36.6 Å². The molecule has 3 heterocycles. The van der Waals surface area contributed by atoms with Crippen molar-refractivity contribution in [2.45, 2.75) is 13.0 Å². The lowest BCUT2D eigenvalue weighted by molar-refractivity contribution is -0.121. The van der Waals surface area contributed by atoms with Crippen molar-refractivity contribution in [2.24, 2.45) is 0 Å². The Morgan fingerprint density at radius 1 is 1.06 bits per heavy atom. The van der Waals surface area contributed by atoms with Crippen LogP contribution >= 0.6 is 0 Å². The lowest BCUT2D eigenvalue weighted by atomic mass is 10.0. The number of piperazine rings is 1. The Morgan fingerprint density at radius 3 is 2.81 bits per heavy atom. The van der Waals surface area contributed by atoms with Gasteiger partial charge in [0.25, 0.3) is 0 Å². The first-order valence-corrected chi connectivity index (χ1v) is 10.2. The smallest absolute Gasteiger partial charge is 0.338 e. The van der Waals surface area contributed by atoms with E-state index >= 15 is 0 Å². The second-order valence-electron chi connectivity index (χ2n) is 7.83. The van der Waals surface area contributed by atoms with Crippen LogP contribution in [0, 0.1) is 11.3 Å². The fourth-order valence-corrected chi connectivity index (χ4v) is 4.12. The second kappa shape index (κ2) is 7.82. The largest absolute Gasteiger partial charge is 0.457 e. The van der Waals surface area contributed by atoms with Crippen molar-refractivity contribution in [1.82, 2.24) is 9.88 Å². The van der Waals surface area contributed by atoms with Gasteiger partial charge in [0.1, 0.15) is 12.4 Å². The van der Waals surface area contributed by atoms with E-state index < -0.39 is 0 Å². The van der Waals surface area contributed by atoms with Crippen LogP contribution in [0.2, 0.25) is 0 Å². The van der Waals surface area contributed by atoms with Gasteiger partial charge in [-0.1, -0.05) is 12.1 Å². The van der Waals surface area contributed by atoms with Crippen LogP contribution in [0.25, 0.3) is 10.9 Å². The van der Waals surface area contributed by atoms with Gasteiger partial charge in [0.05, 0.1) is 29.3 Å². The molecule has 0 atom stereocenters. The zero-order valence-electron chi connectivity index (χ0n) is 16.9. The summed E-state index contributed by atoms with van der Waals surface area (Å²) in [5, 5.41) is 9.92. The molecule has 7 heteroatoms. The average molecular weight is 412 g/mol. The zero-order valence-corrected chi connectivity index (χ0v) is 16.9. The summed E-state index contributed by atoms with van der Waals surface area (Å²) in [6.45, 7) is 2.82. The third kappa shape index (κ3) is 3.74. The van der Waals surface area contributed by atoms with E-state index in [9.17, 15) is 9.59 Å². The number of nitrogens with zero attached hydrogens (tertiary/aromatic N) is 4. The van der Waals surface area contributed by atoms with Crippen LogP contribution < -0.4 is 4.90 Å². The van der Waals surface area contributed by atoms with E-state index in [4.69, 9.17) is 10.00 Å². The highest BCUT2D eigenvalue weighted by Gasteiger charge is 2.26. The molecule has 0 radical (unpaired) electrons. The van der Waals surface area contributed by atoms with Crippen LogP contribution in [-0.2, 0) is 22.6 Å². The summed E-state index contributed by atoms with van der Waals surface area (Å²) in [5.74, 6) is 0.418. The van der Waals surface area contributed by atoms with Crippen molar-refractivity contribution in [3.05, 3.63) is 70.8 Å². The summed E-state index contributed by atoms with van der Waals surface area (Å²) in [4.78, 5) is 32.9. The number of hydrogen-bond acceptors (Lipinski definition) is 6. The van der Waals surface area contributed by atoms with Gasteiger partial charge in [0.15, 0.2) is 0 Å². The van der Waals surface area contributed by atoms with Crippen LogP contribution in [0.3, 0.4) is 0 Å². The summed E-state index contributed by atoms with van der Waals surface area (Å²) in [6, 6.07) is 17.0. The minimum absolute atomic E-state index is 0.0275. The first-order chi connectivity index (χ1) is 15.1. The lowest BCUT2D eigenvalue weighted by Gasteiger charge is -2.33. The van der Waals surface area contributed by atoms with Gasteiger partial charge < -0.3 is 4.74 Å². The minimum atomic E-state index is -0.254. The van der Waals surface area contributed by atoms with E-state index in [1.165, 1.54) is 0 Å². The van der Waals surface area contributed by atoms with Gasteiger partial charge in [-0.15, -0.1) is 0 Å². The molecule has 1 fully saturated rings. The summed E-state index contributed by atoms with van der Waals surface area (Å²) in [5.41, 5.74) is 4.09. The molecule has 0 bridgehead atoms. The Hall–Kier alpha value is -3.76. The van der Waals surface area contributed by atoms with Crippen molar-refractivity contribution < 1.29 is 14.3 Å². The first kappa shape index (κ1) is 19.2. The highest BCUT2D eigenvalue weighted by atomic mass is 16.5. The molecule has 2 aliphatic heterocycles. The Balaban J connectivity index is 1.22. The maximum Gasteiger partial charge on any atom is 0.338 e. The lowest BCUT2D eigenvalue weighted by Crippen LogP contribution is -2.51. The molecule has 0 aliphatic carbocycles. The third-order valence-corrected chi connectivity index (χ3v) is 5.84. The van der Waals surface area contributed by atoms with Crippen LogP contribution in [0.4, 0.5) is 5.82 Å². The van der Waals surface area contributed by atoms with E-state index in [2.05, 4.69) is 16.0 Å². The number of hydrogen-bond donors (Lipinski definition) is 0. The van der Waals surface area contributed by atoms with Gasteiger partial charge in [-0.25, -0.2) is 9.78 Å². The fraction of sp³-hybridized carbons (Fsp3) is 0.250. The van der Waals surface area contributed by atoms with Crippen LogP contribution in [-0.4, -0.2) is 47.9 Å². The van der Waals surface area contributed by atoms with Gasteiger partial charge in [0, 0.05) is 30.6 Å². The van der Waals surface area contributed by atoms with E-state index in [-0.39, 0.29) is 11.9 Å². The number of nitriles is 1. The summed E-state index contributed by atoms with van der Waals surface area (Å²) >= 11 is 0. The van der Waals surface area contributed by atoms with Crippen molar-refractivity contribution >= 4 is 28.6 Å². The monoisotopic (exact) mass is 412 g/mol. The topological polar surface area (TPSA) is 86.5 Å². The Bertz CT molecular complexity index is 1250. The van der Waals surface area contributed by atoms with E-state index in [0.717, 1.165) is 41.5 Å². The minimum Gasteiger partial charge on any atom is -0.457 e. The predicted octanol–water partition coefficient (Wildman–Crippen LogP) is 2.67. The number of amides is 1. The number of benzene rings is 2. The highest BCUT2D eigenvalue weighted by molar-refractivity contribution is 5.96. The molecular formula is C24H20N4O3. The molecule has 2 aliphatic rings. The number of pyridine rings is 1. The number of fused-ring (bicyclic) bond motifs is 2. The number of rotatable bonds is 4. The molecule has 1 saturated heterocycles. The Labute approximate surface area is 179 Å². The molecule has 3 aromatic rings. The average Bonchev–Trinajstić information content (AvgIpc) is 3.17. The summed E-state index contributed by atoms with van der Waals surface area (Å²) < 4.78 is 5.06. The molecule has 7 nitrogen and oxygen atoms in total. The first-order valence-electron chi connectivity index (χ1n) is 10.2. The van der Waals surface area contributed by atoms with Gasteiger partial charge >= 0.3 is 5.97 Å². The quantitative estimate of drug-likeness (QED) is 0.613. The molecule has 0 unspecified atom stereocenters. The molecule has 31 heavy (non-hydrogen) atoms. The van der Waals surface area contributed by atoms with Crippen LogP contribution in [0.15, 0.2) is 48.5 Å². The normalized spacial score (nSPS) is 16.3. The number of esters is 1. The molecule has 1 amide bonds. The number of aromatic nitrogens is 1. The SMILES string of the molecule is N#Cc1ccc2nc(N3CCN(CCc4ccc5c(c4)COC5=O)CC3=O)ccc2c1. The molecule has 0 N–H and O–H groups in total. The van der Waals surface area contributed by atoms with Gasteiger partial charge in [-0.2, -0.15) is 5.26 Å². The van der Waals surface area contributed by atoms with E-state index in [1.807, 2.05) is 36.4 Å². The van der Waals surface area contributed by atoms with Crippen molar-refractivity contribution in [2.75, 3.05) is 31.1 Å². The standard InChI is InChI=1S/C24H20N4O3/c25-13-17-2-5-21-18(12-17)3-6-22(26-21)28-10-9-27(14-23(28)29)8-7-16-1-4-20-19(11-16)15-31-24(20)30/h1-6,11-12H,7-10,14-15H2. The number of cyclic esters (lactones) is 1. The Kier molecular flexibility index (Phi) is 4.85. The maximum atomic E-state index is 12.8. The number of carbonyl (C=O) groups excluding carboxylic acids is 2. The maximum absolute atomic E-state index is 12.8. The Morgan fingerprint density at radius 2 is 1.97 bits per heavy atom. The van der Waals surface area contributed by atoms with Crippen LogP contribution in [0.5, 0.6) is 0 Å². The molecule has 5 rings (SSSR count). The van der Waals surface area contributed by atoms with Gasteiger partial charge in [-0.3, -0.25) is 14.6 Å². The number of anilines is 1. The predicted molar refractivity (Wildman–Crippen MR) is 115 cm³/mol. The summed E-state index contributed by atoms with van der Waals surface area (Å²) in [6.07, 6.45) is 0.810. The molecule has 2 aromatic carbocycles. The molecule has 154 valence electrons. The highest BCUT2D eigenvalue weighted by Crippen LogP contribution is 2.23. The van der Waals surface area contributed by atoms with Crippen molar-refractivity contribution in [3.63, 3.8) is 0 Å². The fourth-order valence-electron chi connectivity index (χ4n) is 4.12. The molecule has 0 saturated carbocycles. The van der Waals surface area contributed by atoms with Gasteiger partial charge in [0.2, 0.25) is 5.91 Å². The van der Waals surface area contributed by atoms with Crippen molar-refractivity contribution in [1.29, 1.82) is 5.26 Å². The van der Waals surface area contributed by atoms with Gasteiger partial charge in [-0.05, 0) is 48.4 Å². The number of carbonyl (C=O) groups is 2. The second-order valence-corrected chi connectivity index (χ2v) is 7.83. The summed E-state index contributed by atoms with van der Waals surface area (Å²) in [7, 11) is 0. The van der Waals surface area contributed by atoms with Crippen LogP contribution in [0.1, 0.15) is 27.0 Å². The molecular weight excluding hydrogens is 392 g/mol. The number of ether oxygens (including phenoxy) is 1.